The smallest absolute Gasteiger partial charge is 0.229 e. The van der Waals surface area contributed by atoms with Gasteiger partial charge in [-0.05, 0) is 58.3 Å². The number of fused-ring (bicyclic) bond motifs is 1. The number of anilines is 1. The number of nitrogens with zero attached hydrogens (tertiary/aromatic N) is 1. The van der Waals surface area contributed by atoms with Gasteiger partial charge in [-0.25, -0.2) is 0 Å². The second-order valence-corrected chi connectivity index (χ2v) is 7.76. The number of hydrogen-bond acceptors (Lipinski definition) is 6. The molecule has 1 aliphatic heterocycles. The third-order valence-electron chi connectivity index (χ3n) is 4.86. The van der Waals surface area contributed by atoms with E-state index in [1.54, 1.807) is 32.0 Å². The molecule has 1 heterocycles. The monoisotopic (exact) mass is 403 g/mol. The van der Waals surface area contributed by atoms with Crippen LogP contribution in [0.25, 0.3) is 10.8 Å². The van der Waals surface area contributed by atoms with E-state index in [9.17, 15) is 15.0 Å². The average Bonchev–Trinajstić information content (AvgIpc) is 2.64. The SMILES string of the molecule is [B]C(=O)N(P)c1ccc2cc(O[C@@H]3OC(C)(C)[C@H](OC)[C@@H](O)[C@H]3O)ccc2c1. The van der Waals surface area contributed by atoms with Crippen molar-refractivity contribution in [3.05, 3.63) is 36.4 Å². The Labute approximate surface area is 167 Å². The molecule has 3 rings (SSSR count). The van der Waals surface area contributed by atoms with E-state index in [1.807, 2.05) is 18.2 Å². The fraction of sp³-hybridized carbons (Fsp3) is 0.421. The van der Waals surface area contributed by atoms with Crippen LogP contribution in [0.5, 0.6) is 5.75 Å². The highest BCUT2D eigenvalue weighted by Crippen LogP contribution is 2.33. The molecule has 1 fully saturated rings. The number of rotatable bonds is 4. The summed E-state index contributed by atoms with van der Waals surface area (Å²) in [5, 5.41) is 22.4. The van der Waals surface area contributed by atoms with Crippen molar-refractivity contribution in [3.8, 4) is 5.75 Å². The first kappa shape index (κ1) is 21.0. The van der Waals surface area contributed by atoms with Crippen molar-refractivity contribution in [1.82, 2.24) is 0 Å². The fourth-order valence-corrected chi connectivity index (χ4v) is 3.56. The predicted molar refractivity (Wildman–Crippen MR) is 110 cm³/mol. The van der Waals surface area contributed by atoms with Gasteiger partial charge in [0.2, 0.25) is 14.1 Å². The molecular weight excluding hydrogens is 380 g/mol. The van der Waals surface area contributed by atoms with Crippen molar-refractivity contribution >= 4 is 39.5 Å². The summed E-state index contributed by atoms with van der Waals surface area (Å²) in [6.45, 7) is 3.53. The summed E-state index contributed by atoms with van der Waals surface area (Å²) < 4.78 is 18.2. The largest absolute Gasteiger partial charge is 0.462 e. The first-order valence-electron chi connectivity index (χ1n) is 8.75. The molecule has 1 amide bonds. The Bertz CT molecular complexity index is 879. The van der Waals surface area contributed by atoms with Crippen LogP contribution in [0.1, 0.15) is 13.8 Å². The molecule has 2 aromatic rings. The fourth-order valence-electron chi connectivity index (χ4n) is 3.40. The van der Waals surface area contributed by atoms with Gasteiger partial charge in [0.15, 0.2) is 5.81 Å². The molecule has 1 aliphatic rings. The van der Waals surface area contributed by atoms with E-state index in [0.717, 1.165) is 10.8 Å². The van der Waals surface area contributed by atoms with E-state index in [-0.39, 0.29) is 0 Å². The predicted octanol–water partition coefficient (Wildman–Crippen LogP) is 1.98. The van der Waals surface area contributed by atoms with E-state index in [1.165, 1.54) is 11.8 Å². The maximum absolute atomic E-state index is 11.3. The van der Waals surface area contributed by atoms with Crippen LogP contribution in [0.15, 0.2) is 36.4 Å². The molecule has 2 radical (unpaired) electrons. The molecule has 1 saturated heterocycles. The molecule has 1 unspecified atom stereocenters. The van der Waals surface area contributed by atoms with Gasteiger partial charge in [-0.3, -0.25) is 4.79 Å². The van der Waals surface area contributed by atoms with Gasteiger partial charge in [0, 0.05) is 12.8 Å². The average molecular weight is 403 g/mol. The number of aliphatic hydroxyl groups is 2. The Kier molecular flexibility index (Phi) is 5.99. The maximum atomic E-state index is 11.3. The zero-order chi connectivity index (χ0) is 20.6. The topological polar surface area (TPSA) is 88.5 Å². The molecule has 0 saturated carbocycles. The molecule has 0 spiro atoms. The Morgan fingerprint density at radius 2 is 1.82 bits per heavy atom. The molecule has 28 heavy (non-hydrogen) atoms. The van der Waals surface area contributed by atoms with Gasteiger partial charge < -0.3 is 29.1 Å². The third kappa shape index (κ3) is 4.02. The Hall–Kier alpha value is -1.70. The lowest BCUT2D eigenvalue weighted by atomic mass is 9.89. The number of carbonyl (C=O) groups is 1. The van der Waals surface area contributed by atoms with E-state index < -0.39 is 36.0 Å². The molecule has 9 heteroatoms. The normalized spacial score (nSPS) is 26.8. The standard InChI is InChI=1S/C19H23BNO6P/c1-19(2)16(25-3)14(22)15(23)17(27-19)26-13-7-5-10-8-12(21(28)18(20)24)6-4-11(10)9-13/h4-9,14-17,22-23H,28H2,1-3H3/t14-,15+,16+,17+/m0/s1. The van der Waals surface area contributed by atoms with Crippen molar-refractivity contribution in [3.63, 3.8) is 0 Å². The van der Waals surface area contributed by atoms with Crippen LogP contribution in [0.4, 0.5) is 10.5 Å². The summed E-state index contributed by atoms with van der Waals surface area (Å²) in [6, 6.07) is 10.7. The Balaban J connectivity index is 1.82. The molecular formula is C19H23BNO6P. The number of carbonyl (C=O) groups excluding carboxylic acids is 1. The van der Waals surface area contributed by atoms with Gasteiger partial charge in [0.1, 0.15) is 24.1 Å². The maximum Gasteiger partial charge on any atom is 0.229 e. The van der Waals surface area contributed by atoms with E-state index in [2.05, 4.69) is 9.39 Å². The van der Waals surface area contributed by atoms with E-state index in [0.29, 0.717) is 11.4 Å². The lowest BCUT2D eigenvalue weighted by Gasteiger charge is -2.46. The van der Waals surface area contributed by atoms with Gasteiger partial charge in [-0.2, -0.15) is 0 Å². The second kappa shape index (κ2) is 7.97. The number of amides is 1. The number of hydrogen-bond donors (Lipinski definition) is 2. The van der Waals surface area contributed by atoms with Crippen LogP contribution in [0, 0.1) is 0 Å². The number of aliphatic hydroxyl groups excluding tert-OH is 2. The van der Waals surface area contributed by atoms with Crippen molar-refractivity contribution in [1.29, 1.82) is 0 Å². The number of benzene rings is 2. The molecule has 5 atom stereocenters. The van der Waals surface area contributed by atoms with Gasteiger partial charge in [-0.15, -0.1) is 0 Å². The zero-order valence-electron chi connectivity index (χ0n) is 15.9. The lowest BCUT2D eigenvalue weighted by Crippen LogP contribution is -2.63. The summed E-state index contributed by atoms with van der Waals surface area (Å²) >= 11 is 0. The molecule has 7 nitrogen and oxygen atoms in total. The highest BCUT2D eigenvalue weighted by molar-refractivity contribution is 7.22. The third-order valence-corrected chi connectivity index (χ3v) is 5.41. The van der Waals surface area contributed by atoms with Crippen molar-refractivity contribution in [2.45, 2.75) is 44.1 Å². The zero-order valence-corrected chi connectivity index (χ0v) is 17.1. The molecule has 2 N–H and O–H groups in total. The summed E-state index contributed by atoms with van der Waals surface area (Å²) in [7, 11) is 9.01. The molecule has 0 aliphatic carbocycles. The summed E-state index contributed by atoms with van der Waals surface area (Å²) in [5.74, 6) is -0.107. The number of ether oxygens (including phenoxy) is 3. The van der Waals surface area contributed by atoms with Gasteiger partial charge in [-0.1, -0.05) is 12.1 Å². The molecule has 2 aromatic carbocycles. The minimum absolute atomic E-state index is 0.473. The van der Waals surface area contributed by atoms with Crippen LogP contribution >= 0.6 is 9.39 Å². The summed E-state index contributed by atoms with van der Waals surface area (Å²) in [4.78, 5) is 11.3. The summed E-state index contributed by atoms with van der Waals surface area (Å²) in [5.41, 5.74) is -0.207. The Morgan fingerprint density at radius 3 is 2.46 bits per heavy atom. The van der Waals surface area contributed by atoms with Crippen LogP contribution < -0.4 is 9.41 Å². The van der Waals surface area contributed by atoms with Crippen molar-refractivity contribution in [2.24, 2.45) is 0 Å². The highest BCUT2D eigenvalue weighted by atomic mass is 31.0. The lowest BCUT2D eigenvalue weighted by molar-refractivity contribution is -0.305. The quantitative estimate of drug-likeness (QED) is 0.600. The van der Waals surface area contributed by atoms with Gasteiger partial charge in [0.25, 0.3) is 0 Å². The first-order valence-corrected chi connectivity index (χ1v) is 9.27. The van der Waals surface area contributed by atoms with Crippen molar-refractivity contribution in [2.75, 3.05) is 11.8 Å². The number of methoxy groups -OCH3 is 1. The molecule has 148 valence electrons. The molecule has 0 aromatic heterocycles. The summed E-state index contributed by atoms with van der Waals surface area (Å²) in [6.07, 6.45) is -4.15. The van der Waals surface area contributed by atoms with Crippen LogP contribution in [-0.4, -0.2) is 61.2 Å². The molecule has 0 bridgehead atoms. The van der Waals surface area contributed by atoms with Gasteiger partial charge in [0.05, 0.1) is 5.60 Å². The minimum Gasteiger partial charge on any atom is -0.462 e. The van der Waals surface area contributed by atoms with E-state index >= 15 is 0 Å². The second-order valence-electron chi connectivity index (χ2n) is 7.25. The van der Waals surface area contributed by atoms with Crippen LogP contribution in [0.2, 0.25) is 0 Å². The highest BCUT2D eigenvalue weighted by Gasteiger charge is 2.50. The van der Waals surface area contributed by atoms with Gasteiger partial charge >= 0.3 is 0 Å². The van der Waals surface area contributed by atoms with E-state index in [4.69, 9.17) is 22.1 Å². The van der Waals surface area contributed by atoms with Crippen LogP contribution in [0.3, 0.4) is 0 Å². The first-order chi connectivity index (χ1) is 13.1. The van der Waals surface area contributed by atoms with Crippen molar-refractivity contribution < 1.29 is 29.2 Å². The Morgan fingerprint density at radius 1 is 1.18 bits per heavy atom. The van der Waals surface area contributed by atoms with Crippen LogP contribution in [-0.2, 0) is 9.47 Å². The minimum atomic E-state index is -1.27.